The van der Waals surface area contributed by atoms with Gasteiger partial charge < -0.3 is 5.73 Å². The summed E-state index contributed by atoms with van der Waals surface area (Å²) in [4.78, 5) is 8.41. The minimum absolute atomic E-state index is 0.257. The molecule has 0 saturated heterocycles. The monoisotopic (exact) mass is 311 g/mol. The van der Waals surface area contributed by atoms with Gasteiger partial charge in [0.1, 0.15) is 0 Å². The lowest BCUT2D eigenvalue weighted by Crippen LogP contribution is -2.25. The Morgan fingerprint density at radius 2 is 1.74 bits per heavy atom. The Morgan fingerprint density at radius 3 is 2.43 bits per heavy atom. The highest BCUT2D eigenvalue weighted by atomic mass is 14.6. The lowest BCUT2D eigenvalue weighted by molar-refractivity contribution is 0.405. The van der Waals surface area contributed by atoms with Crippen LogP contribution in [0.25, 0.3) is 0 Å². The standard InChI is InChI=1S/C20H29N3/c1-3-16(11-18-7-9-22-10-8-18)13-20(21)6-5-19-12-17(4-2)14-23-15-19/h7-10,12,14-16,20H,3-6,11,13,21H2,1-2H3/t16?,20-/m1/s1. The van der Waals surface area contributed by atoms with Crippen molar-refractivity contribution >= 4 is 0 Å². The highest BCUT2D eigenvalue weighted by Gasteiger charge is 2.13. The lowest BCUT2D eigenvalue weighted by Gasteiger charge is -2.20. The molecular weight excluding hydrogens is 282 g/mol. The highest BCUT2D eigenvalue weighted by Crippen LogP contribution is 2.19. The van der Waals surface area contributed by atoms with E-state index in [2.05, 4.69) is 42.0 Å². The van der Waals surface area contributed by atoms with Crippen molar-refractivity contribution in [2.45, 2.75) is 58.4 Å². The smallest absolute Gasteiger partial charge is 0.0300 e. The van der Waals surface area contributed by atoms with Crippen molar-refractivity contribution in [3.8, 4) is 0 Å². The van der Waals surface area contributed by atoms with Gasteiger partial charge in [-0.1, -0.05) is 26.3 Å². The molecule has 0 aliphatic heterocycles. The maximum Gasteiger partial charge on any atom is 0.0300 e. The van der Waals surface area contributed by atoms with Gasteiger partial charge in [0.05, 0.1) is 0 Å². The zero-order valence-corrected chi connectivity index (χ0v) is 14.4. The topological polar surface area (TPSA) is 51.8 Å². The molecule has 0 aliphatic carbocycles. The van der Waals surface area contributed by atoms with Gasteiger partial charge in [0.15, 0.2) is 0 Å². The summed E-state index contributed by atoms with van der Waals surface area (Å²) < 4.78 is 0. The molecule has 2 rings (SSSR count). The van der Waals surface area contributed by atoms with E-state index in [-0.39, 0.29) is 6.04 Å². The second-order valence-corrected chi connectivity index (χ2v) is 6.42. The number of hydrogen-bond donors (Lipinski definition) is 1. The van der Waals surface area contributed by atoms with Gasteiger partial charge in [-0.25, -0.2) is 0 Å². The summed E-state index contributed by atoms with van der Waals surface area (Å²) in [6, 6.07) is 6.73. The molecule has 0 aliphatic rings. The Kier molecular flexibility index (Phi) is 7.21. The van der Waals surface area contributed by atoms with Crippen molar-refractivity contribution < 1.29 is 0 Å². The zero-order chi connectivity index (χ0) is 16.5. The fraction of sp³-hybridized carbons (Fsp3) is 0.500. The molecule has 0 spiro atoms. The van der Waals surface area contributed by atoms with Gasteiger partial charge in [0, 0.05) is 30.8 Å². The zero-order valence-electron chi connectivity index (χ0n) is 14.4. The molecule has 0 bridgehead atoms. The lowest BCUT2D eigenvalue weighted by atomic mass is 9.89. The average Bonchev–Trinajstić information content (AvgIpc) is 2.60. The van der Waals surface area contributed by atoms with E-state index in [1.165, 1.54) is 23.1 Å². The molecule has 0 saturated carbocycles. The molecule has 3 nitrogen and oxygen atoms in total. The Bertz CT molecular complexity index is 568. The van der Waals surface area contributed by atoms with Crippen LogP contribution in [0, 0.1) is 5.92 Å². The number of pyridine rings is 2. The first-order chi connectivity index (χ1) is 11.2. The summed E-state index contributed by atoms with van der Waals surface area (Å²) in [6.45, 7) is 4.42. The van der Waals surface area contributed by atoms with Crippen LogP contribution in [0.4, 0.5) is 0 Å². The van der Waals surface area contributed by atoms with Crippen LogP contribution in [0.1, 0.15) is 49.8 Å². The van der Waals surface area contributed by atoms with Crippen LogP contribution >= 0.6 is 0 Å². The van der Waals surface area contributed by atoms with Gasteiger partial charge in [-0.05, 0) is 66.8 Å². The molecule has 0 radical (unpaired) electrons. The maximum atomic E-state index is 6.39. The van der Waals surface area contributed by atoms with E-state index >= 15 is 0 Å². The molecule has 2 aromatic rings. The molecule has 2 aromatic heterocycles. The Balaban J connectivity index is 1.81. The predicted octanol–water partition coefficient (Wildman–Crippen LogP) is 3.96. The van der Waals surface area contributed by atoms with Crippen LogP contribution in [0.3, 0.4) is 0 Å². The summed E-state index contributed by atoms with van der Waals surface area (Å²) in [5, 5.41) is 0. The Morgan fingerprint density at radius 1 is 1.00 bits per heavy atom. The second-order valence-electron chi connectivity index (χ2n) is 6.42. The summed E-state index contributed by atoms with van der Waals surface area (Å²) >= 11 is 0. The molecule has 2 heterocycles. The third-order valence-electron chi connectivity index (χ3n) is 4.55. The molecule has 2 atom stereocenters. The van der Waals surface area contributed by atoms with Crippen LogP contribution < -0.4 is 5.73 Å². The third kappa shape index (κ3) is 6.11. The summed E-state index contributed by atoms with van der Waals surface area (Å²) in [6.07, 6.45) is 14.1. The van der Waals surface area contributed by atoms with E-state index in [0.717, 1.165) is 32.1 Å². The number of aromatic nitrogens is 2. The number of nitrogens with zero attached hydrogens (tertiary/aromatic N) is 2. The van der Waals surface area contributed by atoms with Gasteiger partial charge in [-0.2, -0.15) is 0 Å². The fourth-order valence-electron chi connectivity index (χ4n) is 3.02. The van der Waals surface area contributed by atoms with Crippen molar-refractivity contribution in [1.82, 2.24) is 9.97 Å². The van der Waals surface area contributed by atoms with Crippen molar-refractivity contribution in [3.05, 3.63) is 59.7 Å². The molecule has 124 valence electrons. The molecular formula is C20H29N3. The van der Waals surface area contributed by atoms with Crippen molar-refractivity contribution in [3.63, 3.8) is 0 Å². The van der Waals surface area contributed by atoms with Gasteiger partial charge in [0.25, 0.3) is 0 Å². The molecule has 23 heavy (non-hydrogen) atoms. The Hall–Kier alpha value is -1.74. The largest absolute Gasteiger partial charge is 0.328 e. The quantitative estimate of drug-likeness (QED) is 0.762. The third-order valence-corrected chi connectivity index (χ3v) is 4.55. The van der Waals surface area contributed by atoms with Gasteiger partial charge in [0.2, 0.25) is 0 Å². The van der Waals surface area contributed by atoms with Crippen LogP contribution in [-0.2, 0) is 19.3 Å². The first-order valence-corrected chi connectivity index (χ1v) is 8.78. The van der Waals surface area contributed by atoms with E-state index in [4.69, 9.17) is 5.73 Å². The minimum atomic E-state index is 0.257. The van der Waals surface area contributed by atoms with Crippen molar-refractivity contribution in [2.24, 2.45) is 11.7 Å². The van der Waals surface area contributed by atoms with Crippen LogP contribution in [0.2, 0.25) is 0 Å². The molecule has 0 fully saturated rings. The van der Waals surface area contributed by atoms with Crippen molar-refractivity contribution in [2.75, 3.05) is 0 Å². The number of rotatable bonds is 9. The molecule has 1 unspecified atom stereocenters. The molecule has 3 heteroatoms. The van der Waals surface area contributed by atoms with Gasteiger partial charge in [-0.3, -0.25) is 9.97 Å². The van der Waals surface area contributed by atoms with Gasteiger partial charge in [-0.15, -0.1) is 0 Å². The average molecular weight is 311 g/mol. The van der Waals surface area contributed by atoms with Crippen molar-refractivity contribution in [1.29, 1.82) is 0 Å². The van der Waals surface area contributed by atoms with E-state index in [1.807, 2.05) is 24.8 Å². The minimum Gasteiger partial charge on any atom is -0.328 e. The van der Waals surface area contributed by atoms with Crippen LogP contribution in [0.5, 0.6) is 0 Å². The first-order valence-electron chi connectivity index (χ1n) is 8.78. The normalized spacial score (nSPS) is 13.7. The Labute approximate surface area is 140 Å². The van der Waals surface area contributed by atoms with Crippen LogP contribution in [-0.4, -0.2) is 16.0 Å². The van der Waals surface area contributed by atoms with Crippen LogP contribution in [0.15, 0.2) is 43.0 Å². The van der Waals surface area contributed by atoms with E-state index in [0.29, 0.717) is 5.92 Å². The van der Waals surface area contributed by atoms with E-state index in [9.17, 15) is 0 Å². The summed E-state index contributed by atoms with van der Waals surface area (Å²) in [5.74, 6) is 0.646. The number of aryl methyl sites for hydroxylation is 2. The van der Waals surface area contributed by atoms with E-state index in [1.54, 1.807) is 0 Å². The second kappa shape index (κ2) is 9.41. The maximum absolute atomic E-state index is 6.39. The number of hydrogen-bond acceptors (Lipinski definition) is 3. The molecule has 0 amide bonds. The molecule has 0 aromatic carbocycles. The first kappa shape index (κ1) is 17.6. The highest BCUT2D eigenvalue weighted by molar-refractivity contribution is 5.18. The summed E-state index contributed by atoms with van der Waals surface area (Å²) in [5.41, 5.74) is 10.4. The molecule has 2 N–H and O–H groups in total. The SMILES string of the molecule is CCc1cncc(CC[C@@H](N)CC(CC)Cc2ccncc2)c1. The number of nitrogens with two attached hydrogens (primary N) is 1. The summed E-state index contributed by atoms with van der Waals surface area (Å²) in [7, 11) is 0. The predicted molar refractivity (Wildman–Crippen MR) is 96.3 cm³/mol. The van der Waals surface area contributed by atoms with Gasteiger partial charge >= 0.3 is 0 Å². The van der Waals surface area contributed by atoms with E-state index < -0.39 is 0 Å². The fourth-order valence-corrected chi connectivity index (χ4v) is 3.02.